The molecule has 2 N–H and O–H groups in total. The van der Waals surface area contributed by atoms with Gasteiger partial charge in [-0.25, -0.2) is 9.97 Å². The Labute approximate surface area is 142 Å². The second-order valence-corrected chi connectivity index (χ2v) is 5.50. The molecule has 0 spiro atoms. The van der Waals surface area contributed by atoms with Crippen molar-refractivity contribution in [2.24, 2.45) is 0 Å². The van der Waals surface area contributed by atoms with Crippen molar-refractivity contribution in [3.05, 3.63) is 47.3 Å². The minimum Gasteiger partial charge on any atom is -0.497 e. The van der Waals surface area contributed by atoms with Crippen LogP contribution in [0.3, 0.4) is 0 Å². The molecule has 0 saturated carbocycles. The Bertz CT molecular complexity index is 671. The SMILES string of the molecule is CCCNC(=O)c1cc(C)nc(NCCc2ccc(OC)cc2)n1. The first-order valence-electron chi connectivity index (χ1n) is 8.13. The van der Waals surface area contributed by atoms with Gasteiger partial charge in [0.2, 0.25) is 5.95 Å². The highest BCUT2D eigenvalue weighted by Crippen LogP contribution is 2.12. The smallest absolute Gasteiger partial charge is 0.270 e. The van der Waals surface area contributed by atoms with Crippen molar-refractivity contribution in [2.45, 2.75) is 26.7 Å². The molecule has 1 heterocycles. The first-order chi connectivity index (χ1) is 11.6. The highest BCUT2D eigenvalue weighted by atomic mass is 16.5. The summed E-state index contributed by atoms with van der Waals surface area (Å²) >= 11 is 0. The monoisotopic (exact) mass is 328 g/mol. The fraction of sp³-hybridized carbons (Fsp3) is 0.389. The van der Waals surface area contributed by atoms with E-state index in [4.69, 9.17) is 4.74 Å². The third kappa shape index (κ3) is 5.22. The van der Waals surface area contributed by atoms with Gasteiger partial charge >= 0.3 is 0 Å². The predicted molar refractivity (Wildman–Crippen MR) is 94.6 cm³/mol. The standard InChI is InChI=1S/C18H24N4O2/c1-4-10-19-17(23)16-12-13(2)21-18(22-16)20-11-9-14-5-7-15(24-3)8-6-14/h5-8,12H,4,9-11H2,1-3H3,(H,19,23)(H,20,21,22). The van der Waals surface area contributed by atoms with Crippen molar-refractivity contribution in [1.82, 2.24) is 15.3 Å². The molecule has 1 aromatic carbocycles. The zero-order valence-electron chi connectivity index (χ0n) is 14.4. The van der Waals surface area contributed by atoms with Crippen molar-refractivity contribution in [3.8, 4) is 5.75 Å². The Kier molecular flexibility index (Phi) is 6.54. The molecule has 0 saturated heterocycles. The molecule has 0 radical (unpaired) electrons. The molecule has 0 aliphatic carbocycles. The summed E-state index contributed by atoms with van der Waals surface area (Å²) in [6.07, 6.45) is 1.72. The maximum Gasteiger partial charge on any atom is 0.270 e. The maximum atomic E-state index is 12.0. The van der Waals surface area contributed by atoms with Gasteiger partial charge < -0.3 is 15.4 Å². The Hall–Kier alpha value is -2.63. The van der Waals surface area contributed by atoms with E-state index in [1.165, 1.54) is 5.56 Å². The fourth-order valence-electron chi connectivity index (χ4n) is 2.20. The lowest BCUT2D eigenvalue weighted by Gasteiger charge is -2.09. The van der Waals surface area contributed by atoms with Crippen LogP contribution in [0.2, 0.25) is 0 Å². The second kappa shape index (κ2) is 8.86. The highest BCUT2D eigenvalue weighted by molar-refractivity contribution is 5.92. The lowest BCUT2D eigenvalue weighted by molar-refractivity contribution is 0.0948. The van der Waals surface area contributed by atoms with Gasteiger partial charge in [0.25, 0.3) is 5.91 Å². The summed E-state index contributed by atoms with van der Waals surface area (Å²) in [7, 11) is 1.65. The van der Waals surface area contributed by atoms with Gasteiger partial charge in [0.1, 0.15) is 11.4 Å². The first-order valence-corrected chi connectivity index (χ1v) is 8.13. The van der Waals surface area contributed by atoms with E-state index in [-0.39, 0.29) is 5.91 Å². The molecule has 0 atom stereocenters. The predicted octanol–water partition coefficient (Wildman–Crippen LogP) is 2.59. The number of anilines is 1. The second-order valence-electron chi connectivity index (χ2n) is 5.50. The van der Waals surface area contributed by atoms with Crippen LogP contribution in [0.4, 0.5) is 5.95 Å². The summed E-state index contributed by atoms with van der Waals surface area (Å²) in [5.74, 6) is 1.15. The average Bonchev–Trinajstić information content (AvgIpc) is 2.59. The lowest BCUT2D eigenvalue weighted by Crippen LogP contribution is -2.25. The maximum absolute atomic E-state index is 12.0. The summed E-state index contributed by atoms with van der Waals surface area (Å²) < 4.78 is 5.15. The number of hydrogen-bond acceptors (Lipinski definition) is 5. The molecule has 24 heavy (non-hydrogen) atoms. The normalized spacial score (nSPS) is 10.3. The van der Waals surface area contributed by atoms with Gasteiger partial charge in [-0.3, -0.25) is 4.79 Å². The number of ether oxygens (including phenoxy) is 1. The summed E-state index contributed by atoms with van der Waals surface area (Å²) in [6.45, 7) is 5.19. The van der Waals surface area contributed by atoms with Gasteiger partial charge in [-0.05, 0) is 43.5 Å². The van der Waals surface area contributed by atoms with E-state index in [1.807, 2.05) is 38.1 Å². The van der Waals surface area contributed by atoms with E-state index in [9.17, 15) is 4.79 Å². The number of amides is 1. The Morgan fingerprint density at radius 1 is 1.17 bits per heavy atom. The molecule has 0 fully saturated rings. The highest BCUT2D eigenvalue weighted by Gasteiger charge is 2.09. The zero-order valence-corrected chi connectivity index (χ0v) is 14.4. The number of carbonyl (C=O) groups is 1. The molecule has 0 bridgehead atoms. The quantitative estimate of drug-likeness (QED) is 0.779. The molecule has 6 nitrogen and oxygen atoms in total. The number of methoxy groups -OCH3 is 1. The number of aryl methyl sites for hydroxylation is 1. The summed E-state index contributed by atoms with van der Waals surface area (Å²) in [4.78, 5) is 20.6. The van der Waals surface area contributed by atoms with Gasteiger partial charge in [0.15, 0.2) is 0 Å². The van der Waals surface area contributed by atoms with Crippen molar-refractivity contribution >= 4 is 11.9 Å². The topological polar surface area (TPSA) is 76.1 Å². The van der Waals surface area contributed by atoms with Crippen molar-refractivity contribution in [3.63, 3.8) is 0 Å². The average molecular weight is 328 g/mol. The van der Waals surface area contributed by atoms with Crippen LogP contribution in [0.25, 0.3) is 0 Å². The largest absolute Gasteiger partial charge is 0.497 e. The van der Waals surface area contributed by atoms with Crippen LogP contribution in [-0.4, -0.2) is 36.1 Å². The van der Waals surface area contributed by atoms with E-state index in [0.717, 1.165) is 24.3 Å². The van der Waals surface area contributed by atoms with Gasteiger partial charge in [-0.15, -0.1) is 0 Å². The van der Waals surface area contributed by atoms with Gasteiger partial charge in [0, 0.05) is 18.8 Å². The van der Waals surface area contributed by atoms with Crippen LogP contribution >= 0.6 is 0 Å². The van der Waals surface area contributed by atoms with E-state index >= 15 is 0 Å². The van der Waals surface area contributed by atoms with E-state index in [2.05, 4.69) is 20.6 Å². The van der Waals surface area contributed by atoms with E-state index in [0.29, 0.717) is 24.7 Å². The minimum atomic E-state index is -0.166. The summed E-state index contributed by atoms with van der Waals surface area (Å²) in [5.41, 5.74) is 2.35. The molecule has 6 heteroatoms. The van der Waals surface area contributed by atoms with Crippen LogP contribution in [0, 0.1) is 6.92 Å². The molecular formula is C18H24N4O2. The van der Waals surface area contributed by atoms with Crippen LogP contribution in [0.1, 0.15) is 35.1 Å². The number of carbonyl (C=O) groups excluding carboxylic acids is 1. The third-order valence-electron chi connectivity index (χ3n) is 3.48. The van der Waals surface area contributed by atoms with Crippen molar-refractivity contribution in [2.75, 3.05) is 25.5 Å². The number of aromatic nitrogens is 2. The van der Waals surface area contributed by atoms with E-state index < -0.39 is 0 Å². The Balaban J connectivity index is 1.93. The van der Waals surface area contributed by atoms with Crippen LogP contribution in [0.15, 0.2) is 30.3 Å². The molecule has 0 unspecified atom stereocenters. The van der Waals surface area contributed by atoms with Gasteiger partial charge in [-0.2, -0.15) is 0 Å². The number of nitrogens with zero attached hydrogens (tertiary/aromatic N) is 2. The summed E-state index contributed by atoms with van der Waals surface area (Å²) in [6, 6.07) is 9.63. The Morgan fingerprint density at radius 3 is 2.58 bits per heavy atom. The van der Waals surface area contributed by atoms with Crippen LogP contribution < -0.4 is 15.4 Å². The molecule has 0 aliphatic rings. The fourth-order valence-corrected chi connectivity index (χ4v) is 2.20. The third-order valence-corrected chi connectivity index (χ3v) is 3.48. The molecule has 0 aliphatic heterocycles. The molecular weight excluding hydrogens is 304 g/mol. The van der Waals surface area contributed by atoms with Gasteiger partial charge in [-0.1, -0.05) is 19.1 Å². The Morgan fingerprint density at radius 2 is 1.92 bits per heavy atom. The van der Waals surface area contributed by atoms with E-state index in [1.54, 1.807) is 13.2 Å². The zero-order chi connectivity index (χ0) is 17.4. The lowest BCUT2D eigenvalue weighted by atomic mass is 10.1. The first kappa shape index (κ1) is 17.7. The van der Waals surface area contributed by atoms with Crippen LogP contribution in [-0.2, 0) is 6.42 Å². The number of benzene rings is 1. The van der Waals surface area contributed by atoms with Crippen LogP contribution in [0.5, 0.6) is 5.75 Å². The number of rotatable bonds is 8. The molecule has 2 rings (SSSR count). The molecule has 128 valence electrons. The van der Waals surface area contributed by atoms with Crippen molar-refractivity contribution < 1.29 is 9.53 Å². The van der Waals surface area contributed by atoms with Gasteiger partial charge in [0.05, 0.1) is 7.11 Å². The minimum absolute atomic E-state index is 0.166. The summed E-state index contributed by atoms with van der Waals surface area (Å²) in [5, 5.41) is 6.01. The van der Waals surface area contributed by atoms with Crippen molar-refractivity contribution in [1.29, 1.82) is 0 Å². The molecule has 2 aromatic rings. The number of nitrogens with one attached hydrogen (secondary N) is 2. The molecule has 1 amide bonds. The molecule has 1 aromatic heterocycles. The number of hydrogen-bond donors (Lipinski definition) is 2.